The van der Waals surface area contributed by atoms with Gasteiger partial charge in [-0.05, 0) is 24.3 Å². The number of aromatic nitrogens is 1. The van der Waals surface area contributed by atoms with Gasteiger partial charge >= 0.3 is 0 Å². The van der Waals surface area contributed by atoms with Gasteiger partial charge in [0.2, 0.25) is 0 Å². The average molecular weight is 253 g/mol. The van der Waals surface area contributed by atoms with Crippen molar-refractivity contribution < 1.29 is 9.59 Å². The number of carbonyl (C=O) groups excluding carboxylic acids is 2. The predicted molar refractivity (Wildman–Crippen MR) is 69.7 cm³/mol. The number of anilines is 1. The molecule has 0 saturated carbocycles. The highest BCUT2D eigenvalue weighted by atomic mass is 16.2. The van der Waals surface area contributed by atoms with Gasteiger partial charge in [0, 0.05) is 11.9 Å². The molecule has 1 aromatic heterocycles. The van der Waals surface area contributed by atoms with Crippen LogP contribution in [0.5, 0.6) is 0 Å². The number of pyridine rings is 1. The molecule has 2 aromatic rings. The summed E-state index contributed by atoms with van der Waals surface area (Å²) in [5.74, 6) is -0.666. The molecule has 0 radical (unpaired) electrons. The molecule has 5 nitrogen and oxygen atoms in total. The van der Waals surface area contributed by atoms with E-state index in [4.69, 9.17) is 0 Å². The van der Waals surface area contributed by atoms with E-state index >= 15 is 0 Å². The summed E-state index contributed by atoms with van der Waals surface area (Å²) in [6.45, 7) is 0.137. The molecule has 5 heteroatoms. The maximum Gasteiger partial charge on any atom is 0.281 e. The summed E-state index contributed by atoms with van der Waals surface area (Å²) in [6, 6.07) is 12.7. The monoisotopic (exact) mass is 253 g/mol. The summed E-state index contributed by atoms with van der Waals surface area (Å²) in [5.41, 5.74) is 1.44. The molecule has 1 N–H and O–H groups in total. The van der Waals surface area contributed by atoms with Crippen LogP contribution >= 0.6 is 0 Å². The van der Waals surface area contributed by atoms with Crippen molar-refractivity contribution in [2.75, 3.05) is 12.0 Å². The Morgan fingerprint density at radius 2 is 1.79 bits per heavy atom. The number of nitrogens with zero attached hydrogens (tertiary/aromatic N) is 2. The molecule has 19 heavy (non-hydrogen) atoms. The van der Waals surface area contributed by atoms with Crippen LogP contribution in [0.1, 0.15) is 20.8 Å². The molecule has 0 fully saturated rings. The van der Waals surface area contributed by atoms with E-state index in [1.165, 1.54) is 6.20 Å². The number of benzene rings is 1. The maximum atomic E-state index is 12.1. The van der Waals surface area contributed by atoms with Crippen LogP contribution in [0.3, 0.4) is 0 Å². The molecule has 94 valence electrons. The van der Waals surface area contributed by atoms with E-state index in [9.17, 15) is 9.59 Å². The van der Waals surface area contributed by atoms with Gasteiger partial charge in [0.15, 0.2) is 0 Å². The van der Waals surface area contributed by atoms with Crippen LogP contribution < -0.4 is 5.32 Å². The number of carbonyl (C=O) groups is 2. The first-order valence-corrected chi connectivity index (χ1v) is 5.87. The lowest BCUT2D eigenvalue weighted by Crippen LogP contribution is -2.34. The topological polar surface area (TPSA) is 62.3 Å². The Bertz CT molecular complexity index is 605. The Hall–Kier alpha value is -2.69. The van der Waals surface area contributed by atoms with Gasteiger partial charge in [-0.25, -0.2) is 0 Å². The average Bonchev–Trinajstić information content (AvgIpc) is 2.71. The predicted octanol–water partition coefficient (Wildman–Crippen LogP) is 1.75. The van der Waals surface area contributed by atoms with Crippen molar-refractivity contribution >= 4 is 17.5 Å². The van der Waals surface area contributed by atoms with Gasteiger partial charge in [0.1, 0.15) is 5.69 Å². The van der Waals surface area contributed by atoms with Gasteiger partial charge < -0.3 is 5.32 Å². The van der Waals surface area contributed by atoms with Gasteiger partial charge in [-0.15, -0.1) is 0 Å². The van der Waals surface area contributed by atoms with Crippen LogP contribution in [0.4, 0.5) is 5.69 Å². The van der Waals surface area contributed by atoms with Crippen molar-refractivity contribution in [3.8, 4) is 0 Å². The number of rotatable bonds is 3. The van der Waals surface area contributed by atoms with Crippen molar-refractivity contribution in [2.45, 2.75) is 0 Å². The molecule has 2 amide bonds. The summed E-state index contributed by atoms with van der Waals surface area (Å²) >= 11 is 0. The van der Waals surface area contributed by atoms with Crippen molar-refractivity contribution in [2.24, 2.45) is 0 Å². The molecule has 0 unspecified atom stereocenters. The summed E-state index contributed by atoms with van der Waals surface area (Å²) in [4.78, 5) is 29.2. The zero-order valence-electron chi connectivity index (χ0n) is 10.0. The Morgan fingerprint density at radius 1 is 1.00 bits per heavy atom. The second kappa shape index (κ2) is 4.53. The van der Waals surface area contributed by atoms with Gasteiger partial charge in [0.25, 0.3) is 11.8 Å². The Morgan fingerprint density at radius 3 is 2.53 bits per heavy atom. The van der Waals surface area contributed by atoms with E-state index in [1.807, 2.05) is 30.3 Å². The van der Waals surface area contributed by atoms with E-state index in [0.29, 0.717) is 5.56 Å². The highest BCUT2D eigenvalue weighted by molar-refractivity contribution is 6.20. The number of para-hydroxylation sites is 1. The molecule has 1 aliphatic heterocycles. The highest BCUT2D eigenvalue weighted by Crippen LogP contribution is 2.20. The van der Waals surface area contributed by atoms with E-state index in [2.05, 4.69) is 10.3 Å². The lowest BCUT2D eigenvalue weighted by atomic mass is 10.2. The third-order valence-corrected chi connectivity index (χ3v) is 2.95. The third kappa shape index (κ3) is 1.95. The van der Waals surface area contributed by atoms with E-state index in [0.717, 1.165) is 10.6 Å². The minimum atomic E-state index is -0.357. The first kappa shape index (κ1) is 11.4. The molecule has 1 aromatic carbocycles. The minimum absolute atomic E-state index is 0.137. The molecular weight excluding hydrogens is 242 g/mol. The van der Waals surface area contributed by atoms with Crippen LogP contribution in [0.2, 0.25) is 0 Å². The third-order valence-electron chi connectivity index (χ3n) is 2.95. The minimum Gasteiger partial charge on any atom is -0.367 e. The molecule has 3 rings (SSSR count). The maximum absolute atomic E-state index is 12.1. The fraction of sp³-hybridized carbons (Fsp3) is 0.0714. The van der Waals surface area contributed by atoms with Crippen molar-refractivity contribution in [1.29, 1.82) is 0 Å². The van der Waals surface area contributed by atoms with Crippen molar-refractivity contribution in [3.05, 3.63) is 59.9 Å². The normalized spacial score (nSPS) is 13.6. The lowest BCUT2D eigenvalue weighted by molar-refractivity contribution is 0.0664. The first-order valence-electron chi connectivity index (χ1n) is 5.87. The van der Waals surface area contributed by atoms with E-state index < -0.39 is 0 Å². The number of nitrogens with one attached hydrogen (secondary N) is 1. The van der Waals surface area contributed by atoms with Gasteiger partial charge in [-0.2, -0.15) is 0 Å². The number of imide groups is 1. The fourth-order valence-corrected chi connectivity index (χ4v) is 1.98. The standard InChI is InChI=1S/C14H11N3O2/c18-13-11-7-4-8-15-12(11)14(19)17(13)9-16-10-5-2-1-3-6-10/h1-8,16H,9H2. The quantitative estimate of drug-likeness (QED) is 0.846. The zero-order chi connectivity index (χ0) is 13.2. The van der Waals surface area contributed by atoms with Crippen LogP contribution in [0.25, 0.3) is 0 Å². The molecule has 0 saturated heterocycles. The van der Waals surface area contributed by atoms with E-state index in [1.54, 1.807) is 12.1 Å². The zero-order valence-corrected chi connectivity index (χ0v) is 10.0. The summed E-state index contributed by atoms with van der Waals surface area (Å²) < 4.78 is 0. The molecule has 0 aliphatic carbocycles. The van der Waals surface area contributed by atoms with Crippen LogP contribution in [-0.2, 0) is 0 Å². The van der Waals surface area contributed by atoms with Gasteiger partial charge in [0.05, 0.1) is 12.2 Å². The van der Waals surface area contributed by atoms with Crippen molar-refractivity contribution in [1.82, 2.24) is 9.88 Å². The smallest absolute Gasteiger partial charge is 0.281 e. The number of hydrogen-bond acceptors (Lipinski definition) is 4. The number of amides is 2. The second-order valence-electron chi connectivity index (χ2n) is 4.14. The van der Waals surface area contributed by atoms with Crippen LogP contribution in [0.15, 0.2) is 48.7 Å². The fourth-order valence-electron chi connectivity index (χ4n) is 1.98. The van der Waals surface area contributed by atoms with E-state index in [-0.39, 0.29) is 24.2 Å². The summed E-state index contributed by atoms with van der Waals surface area (Å²) in [5, 5.41) is 3.04. The highest BCUT2D eigenvalue weighted by Gasteiger charge is 2.36. The largest absolute Gasteiger partial charge is 0.367 e. The Balaban J connectivity index is 1.78. The SMILES string of the molecule is O=C1c2cccnc2C(=O)N1CNc1ccccc1. The molecule has 0 bridgehead atoms. The summed E-state index contributed by atoms with van der Waals surface area (Å²) in [6.07, 6.45) is 1.51. The van der Waals surface area contributed by atoms with Gasteiger partial charge in [-0.3, -0.25) is 19.5 Å². The molecular formula is C14H11N3O2. The number of hydrogen-bond donors (Lipinski definition) is 1. The lowest BCUT2D eigenvalue weighted by Gasteiger charge is -2.15. The first-order chi connectivity index (χ1) is 9.27. The second-order valence-corrected chi connectivity index (χ2v) is 4.14. The molecule has 0 spiro atoms. The number of fused-ring (bicyclic) bond motifs is 1. The molecule has 1 aliphatic rings. The van der Waals surface area contributed by atoms with Gasteiger partial charge in [-0.1, -0.05) is 18.2 Å². The van der Waals surface area contributed by atoms with Crippen molar-refractivity contribution in [3.63, 3.8) is 0 Å². The Kier molecular flexibility index (Phi) is 2.72. The summed E-state index contributed by atoms with van der Waals surface area (Å²) in [7, 11) is 0. The molecule has 2 heterocycles. The van der Waals surface area contributed by atoms with Crippen LogP contribution in [-0.4, -0.2) is 28.4 Å². The Labute approximate surface area is 109 Å². The van der Waals surface area contributed by atoms with Crippen LogP contribution in [0, 0.1) is 0 Å². The molecule has 0 atom stereocenters.